The highest BCUT2D eigenvalue weighted by atomic mass is 15.3. The van der Waals surface area contributed by atoms with E-state index in [1.54, 1.807) is 0 Å². The van der Waals surface area contributed by atoms with Gasteiger partial charge in [-0.1, -0.05) is 20.8 Å². The van der Waals surface area contributed by atoms with Gasteiger partial charge in [-0.25, -0.2) is 0 Å². The van der Waals surface area contributed by atoms with Crippen LogP contribution in [0, 0.1) is 0 Å². The molecule has 74 valence electrons. The monoisotopic (exact) mass is 180 g/mol. The predicted octanol–water partition coefficient (Wildman–Crippen LogP) is 2.59. The summed E-state index contributed by atoms with van der Waals surface area (Å²) in [5, 5.41) is 4.61. The number of aryl methyl sites for hydroxylation is 2. The van der Waals surface area contributed by atoms with Crippen LogP contribution in [0.1, 0.15) is 44.6 Å². The largest absolute Gasteiger partial charge is 0.269 e. The average Bonchev–Trinajstić information content (AvgIpc) is 2.54. The molecule has 1 aromatic rings. The summed E-state index contributed by atoms with van der Waals surface area (Å²) in [7, 11) is 0. The molecule has 0 fully saturated rings. The van der Waals surface area contributed by atoms with Crippen molar-refractivity contribution in [1.29, 1.82) is 0 Å². The Morgan fingerprint density at radius 2 is 1.69 bits per heavy atom. The Labute approximate surface area is 81.0 Å². The smallest absolute Gasteiger partial charge is 0.0656 e. The van der Waals surface area contributed by atoms with Gasteiger partial charge in [-0.05, 0) is 31.7 Å². The summed E-state index contributed by atoms with van der Waals surface area (Å²) in [5.74, 6) is 0. The van der Waals surface area contributed by atoms with Crippen LogP contribution in [0.2, 0.25) is 0 Å². The molecule has 0 spiro atoms. The molecule has 0 atom stereocenters. The summed E-state index contributed by atoms with van der Waals surface area (Å²) in [6.45, 7) is 9.76. The van der Waals surface area contributed by atoms with Gasteiger partial charge in [0.25, 0.3) is 0 Å². The molecule has 0 saturated heterocycles. The molecule has 2 heteroatoms. The van der Waals surface area contributed by atoms with Gasteiger partial charge in [0.1, 0.15) is 0 Å². The standard InChI is InChI=1S/C11H20N2/c1-5-9-10(6-2)12-13(8-4)11(9)7-3/h5-8H2,1-4H3. The van der Waals surface area contributed by atoms with Crippen molar-refractivity contribution in [3.05, 3.63) is 17.0 Å². The number of nitrogens with zero attached hydrogens (tertiary/aromatic N) is 2. The van der Waals surface area contributed by atoms with Crippen LogP contribution >= 0.6 is 0 Å². The van der Waals surface area contributed by atoms with Gasteiger partial charge in [-0.3, -0.25) is 4.68 Å². The highest BCUT2D eigenvalue weighted by Crippen LogP contribution is 2.16. The predicted molar refractivity (Wildman–Crippen MR) is 56.0 cm³/mol. The van der Waals surface area contributed by atoms with E-state index in [0.29, 0.717) is 0 Å². The molecule has 0 bridgehead atoms. The molecule has 0 aromatic carbocycles. The molecular weight excluding hydrogens is 160 g/mol. The molecule has 0 aliphatic rings. The Morgan fingerprint density at radius 1 is 1.00 bits per heavy atom. The molecule has 1 aromatic heterocycles. The molecule has 0 aliphatic heterocycles. The van der Waals surface area contributed by atoms with Crippen molar-refractivity contribution < 1.29 is 0 Å². The van der Waals surface area contributed by atoms with Crippen molar-refractivity contribution in [3.63, 3.8) is 0 Å². The number of aromatic nitrogens is 2. The van der Waals surface area contributed by atoms with Crippen LogP contribution in [-0.2, 0) is 25.8 Å². The van der Waals surface area contributed by atoms with Crippen LogP contribution < -0.4 is 0 Å². The Hall–Kier alpha value is -0.790. The highest BCUT2D eigenvalue weighted by molar-refractivity contribution is 5.26. The summed E-state index contributed by atoms with van der Waals surface area (Å²) in [6.07, 6.45) is 3.28. The normalized spacial score (nSPS) is 10.8. The molecule has 0 radical (unpaired) electrons. The van der Waals surface area contributed by atoms with Crippen LogP contribution in [0.4, 0.5) is 0 Å². The van der Waals surface area contributed by atoms with Crippen molar-refractivity contribution in [2.45, 2.75) is 53.5 Å². The van der Waals surface area contributed by atoms with Crippen LogP contribution in [0.3, 0.4) is 0 Å². The molecule has 1 heterocycles. The summed E-state index contributed by atoms with van der Waals surface area (Å²) in [4.78, 5) is 0. The SMILES string of the molecule is CCc1nn(CC)c(CC)c1CC. The third kappa shape index (κ3) is 1.77. The fourth-order valence-electron chi connectivity index (χ4n) is 1.94. The minimum atomic E-state index is 0.996. The molecule has 0 aliphatic carbocycles. The zero-order chi connectivity index (χ0) is 9.84. The first kappa shape index (κ1) is 10.3. The van der Waals surface area contributed by atoms with Gasteiger partial charge in [0.05, 0.1) is 5.69 Å². The van der Waals surface area contributed by atoms with Crippen LogP contribution in [0.15, 0.2) is 0 Å². The van der Waals surface area contributed by atoms with Crippen LogP contribution in [0.25, 0.3) is 0 Å². The zero-order valence-corrected chi connectivity index (χ0v) is 9.22. The first-order valence-corrected chi connectivity index (χ1v) is 5.35. The van der Waals surface area contributed by atoms with Gasteiger partial charge in [0.15, 0.2) is 0 Å². The molecule has 0 saturated carbocycles. The maximum atomic E-state index is 4.61. The Kier molecular flexibility index (Phi) is 3.52. The maximum absolute atomic E-state index is 4.61. The fraction of sp³-hybridized carbons (Fsp3) is 0.727. The van der Waals surface area contributed by atoms with Crippen molar-refractivity contribution in [1.82, 2.24) is 9.78 Å². The van der Waals surface area contributed by atoms with E-state index in [0.717, 1.165) is 25.8 Å². The lowest BCUT2D eigenvalue weighted by atomic mass is 10.1. The first-order valence-electron chi connectivity index (χ1n) is 5.35. The summed E-state index contributed by atoms with van der Waals surface area (Å²) in [6, 6.07) is 0. The first-order chi connectivity index (χ1) is 6.28. The number of hydrogen-bond acceptors (Lipinski definition) is 1. The highest BCUT2D eigenvalue weighted by Gasteiger charge is 2.11. The van der Waals surface area contributed by atoms with Crippen LogP contribution in [-0.4, -0.2) is 9.78 Å². The van der Waals surface area contributed by atoms with Crippen LogP contribution in [0.5, 0.6) is 0 Å². The van der Waals surface area contributed by atoms with Gasteiger partial charge < -0.3 is 0 Å². The Bertz CT molecular complexity index is 247. The summed E-state index contributed by atoms with van der Waals surface area (Å²) >= 11 is 0. The summed E-state index contributed by atoms with van der Waals surface area (Å²) in [5.41, 5.74) is 4.20. The second kappa shape index (κ2) is 4.45. The van der Waals surface area contributed by atoms with Crippen molar-refractivity contribution in [3.8, 4) is 0 Å². The van der Waals surface area contributed by atoms with Crippen molar-refractivity contribution in [2.75, 3.05) is 0 Å². The van der Waals surface area contributed by atoms with E-state index in [-0.39, 0.29) is 0 Å². The zero-order valence-electron chi connectivity index (χ0n) is 9.22. The topological polar surface area (TPSA) is 17.8 Å². The average molecular weight is 180 g/mol. The minimum absolute atomic E-state index is 0.996. The third-order valence-corrected chi connectivity index (χ3v) is 2.57. The lowest BCUT2D eigenvalue weighted by molar-refractivity contribution is 0.617. The molecular formula is C11H20N2. The third-order valence-electron chi connectivity index (χ3n) is 2.57. The molecule has 2 nitrogen and oxygen atoms in total. The second-order valence-corrected chi connectivity index (χ2v) is 3.25. The Balaban J connectivity index is 3.17. The molecule has 0 N–H and O–H groups in total. The van der Waals surface area contributed by atoms with E-state index >= 15 is 0 Å². The number of rotatable bonds is 4. The molecule has 1 rings (SSSR count). The van der Waals surface area contributed by atoms with E-state index in [2.05, 4.69) is 37.5 Å². The fourth-order valence-corrected chi connectivity index (χ4v) is 1.94. The molecule has 13 heavy (non-hydrogen) atoms. The summed E-state index contributed by atoms with van der Waals surface area (Å²) < 4.78 is 2.15. The second-order valence-electron chi connectivity index (χ2n) is 3.25. The van der Waals surface area contributed by atoms with Crippen molar-refractivity contribution in [2.24, 2.45) is 0 Å². The van der Waals surface area contributed by atoms with Gasteiger partial charge in [-0.2, -0.15) is 5.10 Å². The maximum Gasteiger partial charge on any atom is 0.0656 e. The lowest BCUT2D eigenvalue weighted by Gasteiger charge is -2.02. The van der Waals surface area contributed by atoms with E-state index in [1.165, 1.54) is 17.0 Å². The number of hydrogen-bond donors (Lipinski definition) is 0. The van der Waals surface area contributed by atoms with Gasteiger partial charge in [0.2, 0.25) is 0 Å². The van der Waals surface area contributed by atoms with Gasteiger partial charge in [-0.15, -0.1) is 0 Å². The Morgan fingerprint density at radius 3 is 2.08 bits per heavy atom. The van der Waals surface area contributed by atoms with Gasteiger partial charge in [0, 0.05) is 12.2 Å². The van der Waals surface area contributed by atoms with E-state index < -0.39 is 0 Å². The quantitative estimate of drug-likeness (QED) is 0.696. The van der Waals surface area contributed by atoms with Gasteiger partial charge >= 0.3 is 0 Å². The lowest BCUT2D eigenvalue weighted by Crippen LogP contribution is -2.02. The molecule has 0 amide bonds. The molecule has 0 unspecified atom stereocenters. The van der Waals surface area contributed by atoms with E-state index in [4.69, 9.17) is 0 Å². The van der Waals surface area contributed by atoms with E-state index in [1.807, 2.05) is 0 Å². The van der Waals surface area contributed by atoms with Crippen molar-refractivity contribution >= 4 is 0 Å². The van der Waals surface area contributed by atoms with E-state index in [9.17, 15) is 0 Å². The minimum Gasteiger partial charge on any atom is -0.269 e.